The third kappa shape index (κ3) is 2.42. The molecule has 0 bridgehead atoms. The Morgan fingerprint density at radius 2 is 2.15 bits per heavy atom. The first-order valence-electron chi connectivity index (χ1n) is 6.48. The molecule has 1 aliphatic rings. The molecule has 1 N–H and O–H groups in total. The summed E-state index contributed by atoms with van der Waals surface area (Å²) in [6.45, 7) is 0.468. The minimum atomic E-state index is -0.603. The molecular weight excluding hydrogens is 274 g/mol. The third-order valence-corrected chi connectivity index (χ3v) is 4.01. The molecule has 1 aromatic carbocycles. The Bertz CT molecular complexity index is 597. The van der Waals surface area contributed by atoms with Gasteiger partial charge in [-0.05, 0) is 34.5 Å². The summed E-state index contributed by atoms with van der Waals surface area (Å²) in [5.41, 5.74) is 1.89. The zero-order valence-corrected chi connectivity index (χ0v) is 11.7. The van der Waals surface area contributed by atoms with Crippen LogP contribution in [0.5, 0.6) is 5.75 Å². The largest absolute Gasteiger partial charge is 0.478 e. The molecule has 0 radical (unpaired) electrons. The summed E-state index contributed by atoms with van der Waals surface area (Å²) < 4.78 is 5.69. The number of carbonyl (C=O) groups is 1. The number of para-hydroxylation sites is 2. The molecular formula is C15H15NO3S. The topological polar surface area (TPSA) is 49.8 Å². The van der Waals surface area contributed by atoms with Gasteiger partial charge in [-0.2, -0.15) is 11.3 Å². The van der Waals surface area contributed by atoms with Crippen molar-refractivity contribution in [2.75, 3.05) is 11.5 Å². The number of thiophene rings is 1. The van der Waals surface area contributed by atoms with E-state index in [1.54, 1.807) is 16.2 Å². The molecule has 1 aromatic heterocycles. The number of aliphatic hydroxyl groups excluding tert-OH is 1. The average molecular weight is 289 g/mol. The maximum atomic E-state index is 12.5. The predicted molar refractivity (Wildman–Crippen MR) is 78.1 cm³/mol. The van der Waals surface area contributed by atoms with Crippen LogP contribution in [-0.4, -0.2) is 23.7 Å². The van der Waals surface area contributed by atoms with E-state index < -0.39 is 6.10 Å². The van der Waals surface area contributed by atoms with Gasteiger partial charge in [-0.25, -0.2) is 0 Å². The summed E-state index contributed by atoms with van der Waals surface area (Å²) in [4.78, 5) is 14.2. The van der Waals surface area contributed by atoms with Crippen molar-refractivity contribution in [2.45, 2.75) is 19.1 Å². The highest BCUT2D eigenvalue weighted by Crippen LogP contribution is 2.35. The molecule has 5 heteroatoms. The van der Waals surface area contributed by atoms with Crippen LogP contribution >= 0.6 is 11.3 Å². The van der Waals surface area contributed by atoms with Gasteiger partial charge in [0.2, 0.25) is 0 Å². The van der Waals surface area contributed by atoms with Crippen LogP contribution < -0.4 is 9.64 Å². The molecule has 3 rings (SSSR count). The summed E-state index contributed by atoms with van der Waals surface area (Å²) in [6.07, 6.45) is -0.290. The minimum absolute atomic E-state index is 0.0646. The number of hydrogen-bond donors (Lipinski definition) is 1. The van der Waals surface area contributed by atoms with Crippen LogP contribution in [0.4, 0.5) is 5.69 Å². The molecule has 1 unspecified atom stereocenters. The van der Waals surface area contributed by atoms with Crippen LogP contribution in [0.2, 0.25) is 0 Å². The lowest BCUT2D eigenvalue weighted by Gasteiger charge is -2.34. The first-order chi connectivity index (χ1) is 9.79. The smallest absolute Gasteiger partial charge is 0.268 e. The number of hydrogen-bond acceptors (Lipinski definition) is 4. The van der Waals surface area contributed by atoms with E-state index in [-0.39, 0.29) is 12.5 Å². The SMILES string of the molecule is O=C1C(CCO)Oc2ccccc2N1Cc1ccsc1. The molecule has 0 spiro atoms. The lowest BCUT2D eigenvalue weighted by atomic mass is 10.1. The molecule has 0 saturated heterocycles. The van der Waals surface area contributed by atoms with E-state index in [1.807, 2.05) is 41.1 Å². The van der Waals surface area contributed by atoms with Crippen LogP contribution in [0, 0.1) is 0 Å². The van der Waals surface area contributed by atoms with Crippen molar-refractivity contribution in [1.82, 2.24) is 0 Å². The van der Waals surface area contributed by atoms with Gasteiger partial charge in [0.25, 0.3) is 5.91 Å². The van der Waals surface area contributed by atoms with E-state index >= 15 is 0 Å². The second-order valence-corrected chi connectivity index (χ2v) is 5.42. The number of carbonyl (C=O) groups excluding carboxylic acids is 1. The fraction of sp³-hybridized carbons (Fsp3) is 0.267. The van der Waals surface area contributed by atoms with Crippen LogP contribution in [0.15, 0.2) is 41.1 Å². The quantitative estimate of drug-likeness (QED) is 0.940. The Morgan fingerprint density at radius 1 is 1.30 bits per heavy atom. The molecule has 0 aliphatic carbocycles. The van der Waals surface area contributed by atoms with Crippen molar-refractivity contribution in [3.63, 3.8) is 0 Å². The Kier molecular flexibility index (Phi) is 3.71. The summed E-state index contributed by atoms with van der Waals surface area (Å²) in [6, 6.07) is 9.52. The molecule has 2 aromatic rings. The van der Waals surface area contributed by atoms with E-state index in [0.29, 0.717) is 18.7 Å². The summed E-state index contributed by atoms with van der Waals surface area (Å²) in [7, 11) is 0. The molecule has 20 heavy (non-hydrogen) atoms. The maximum absolute atomic E-state index is 12.5. The molecule has 0 fully saturated rings. The fourth-order valence-electron chi connectivity index (χ4n) is 2.30. The highest BCUT2D eigenvalue weighted by Gasteiger charge is 2.33. The molecule has 4 nitrogen and oxygen atoms in total. The van der Waals surface area contributed by atoms with Crippen molar-refractivity contribution in [3.8, 4) is 5.75 Å². The standard InChI is InChI=1S/C15H15NO3S/c17-7-5-14-15(18)16(9-11-6-8-20-10-11)12-3-1-2-4-13(12)19-14/h1-4,6,8,10,14,17H,5,7,9H2. The van der Waals surface area contributed by atoms with Gasteiger partial charge in [-0.3, -0.25) is 4.79 Å². The Hall–Kier alpha value is -1.85. The monoisotopic (exact) mass is 289 g/mol. The maximum Gasteiger partial charge on any atom is 0.268 e. The zero-order chi connectivity index (χ0) is 13.9. The van der Waals surface area contributed by atoms with Gasteiger partial charge in [0.05, 0.1) is 12.2 Å². The number of rotatable bonds is 4. The molecule has 104 valence electrons. The van der Waals surface area contributed by atoms with Crippen molar-refractivity contribution in [2.24, 2.45) is 0 Å². The summed E-state index contributed by atoms with van der Waals surface area (Å²) in [5, 5.41) is 13.1. The number of fused-ring (bicyclic) bond motifs is 1. The van der Waals surface area contributed by atoms with E-state index in [0.717, 1.165) is 11.3 Å². The minimum Gasteiger partial charge on any atom is -0.478 e. The Labute approximate surface area is 121 Å². The van der Waals surface area contributed by atoms with E-state index in [2.05, 4.69) is 0 Å². The first kappa shape index (κ1) is 13.1. The average Bonchev–Trinajstić information content (AvgIpc) is 2.97. The van der Waals surface area contributed by atoms with E-state index in [4.69, 9.17) is 9.84 Å². The first-order valence-corrected chi connectivity index (χ1v) is 7.43. The zero-order valence-electron chi connectivity index (χ0n) is 10.9. The lowest BCUT2D eigenvalue weighted by Crippen LogP contribution is -2.45. The Morgan fingerprint density at radius 3 is 2.90 bits per heavy atom. The normalized spacial score (nSPS) is 17.8. The number of nitrogens with zero attached hydrogens (tertiary/aromatic N) is 1. The van der Waals surface area contributed by atoms with Gasteiger partial charge in [0, 0.05) is 13.0 Å². The number of aliphatic hydroxyl groups is 1. The van der Waals surface area contributed by atoms with Crippen molar-refractivity contribution in [3.05, 3.63) is 46.7 Å². The van der Waals surface area contributed by atoms with Gasteiger partial charge in [-0.15, -0.1) is 0 Å². The second-order valence-electron chi connectivity index (χ2n) is 4.64. The van der Waals surface area contributed by atoms with Gasteiger partial charge in [-0.1, -0.05) is 12.1 Å². The van der Waals surface area contributed by atoms with Crippen molar-refractivity contribution in [1.29, 1.82) is 0 Å². The van der Waals surface area contributed by atoms with E-state index in [9.17, 15) is 4.79 Å². The lowest BCUT2D eigenvalue weighted by molar-refractivity contribution is -0.127. The third-order valence-electron chi connectivity index (χ3n) is 3.28. The number of amides is 1. The molecule has 0 saturated carbocycles. The number of benzene rings is 1. The number of anilines is 1. The van der Waals surface area contributed by atoms with Gasteiger partial charge >= 0.3 is 0 Å². The molecule has 2 heterocycles. The van der Waals surface area contributed by atoms with Crippen molar-refractivity contribution < 1.29 is 14.6 Å². The second kappa shape index (κ2) is 5.64. The molecule has 1 amide bonds. The van der Waals surface area contributed by atoms with Gasteiger partial charge < -0.3 is 14.7 Å². The van der Waals surface area contributed by atoms with Crippen LogP contribution in [0.1, 0.15) is 12.0 Å². The number of ether oxygens (including phenoxy) is 1. The van der Waals surface area contributed by atoms with Gasteiger partial charge in [0.1, 0.15) is 5.75 Å². The van der Waals surface area contributed by atoms with Crippen molar-refractivity contribution >= 4 is 22.9 Å². The molecule has 1 aliphatic heterocycles. The highest BCUT2D eigenvalue weighted by molar-refractivity contribution is 7.07. The van der Waals surface area contributed by atoms with Gasteiger partial charge in [0.15, 0.2) is 6.10 Å². The van der Waals surface area contributed by atoms with Crippen LogP contribution in [0.25, 0.3) is 0 Å². The predicted octanol–water partition coefficient (Wildman–Crippen LogP) is 2.42. The highest BCUT2D eigenvalue weighted by atomic mass is 32.1. The summed E-state index contributed by atoms with van der Waals surface area (Å²) >= 11 is 1.61. The fourth-order valence-corrected chi connectivity index (χ4v) is 2.96. The van der Waals surface area contributed by atoms with Crippen LogP contribution in [0.3, 0.4) is 0 Å². The van der Waals surface area contributed by atoms with E-state index in [1.165, 1.54) is 0 Å². The molecule has 1 atom stereocenters. The van der Waals surface area contributed by atoms with Crippen LogP contribution in [-0.2, 0) is 11.3 Å². The summed E-state index contributed by atoms with van der Waals surface area (Å²) in [5.74, 6) is 0.602. The Balaban J connectivity index is 1.94.